The minimum atomic E-state index is -0.463. The number of nitrogens with one attached hydrogen (secondary N) is 2. The van der Waals surface area contributed by atoms with Gasteiger partial charge in [0.05, 0.1) is 32.0 Å². The van der Waals surface area contributed by atoms with Gasteiger partial charge in [0.2, 0.25) is 0 Å². The fourth-order valence-corrected chi connectivity index (χ4v) is 3.75. The highest BCUT2D eigenvalue weighted by atomic mass is 35.5. The molecule has 0 saturated carbocycles. The van der Waals surface area contributed by atoms with Crippen molar-refractivity contribution in [3.8, 4) is 22.9 Å². The number of hydrogen-bond donors (Lipinski definition) is 2. The van der Waals surface area contributed by atoms with E-state index in [1.807, 2.05) is 0 Å². The van der Waals surface area contributed by atoms with Gasteiger partial charge in [-0.1, -0.05) is 17.7 Å². The number of thiocarbonyl (C=S) groups is 1. The van der Waals surface area contributed by atoms with Gasteiger partial charge in [0.25, 0.3) is 5.91 Å². The average molecular weight is 498 g/mol. The van der Waals surface area contributed by atoms with E-state index in [0.29, 0.717) is 44.7 Å². The molecular formula is C23H20ClN5O4S. The maximum atomic E-state index is 12.8. The number of anilines is 1. The lowest BCUT2D eigenvalue weighted by atomic mass is 10.1. The van der Waals surface area contributed by atoms with Crippen LogP contribution in [0.15, 0.2) is 54.6 Å². The number of fused-ring (bicyclic) bond motifs is 1. The molecule has 34 heavy (non-hydrogen) atoms. The van der Waals surface area contributed by atoms with Gasteiger partial charge < -0.3 is 19.5 Å². The van der Waals surface area contributed by atoms with E-state index in [2.05, 4.69) is 20.8 Å². The van der Waals surface area contributed by atoms with E-state index >= 15 is 0 Å². The molecule has 4 aromatic rings. The first-order chi connectivity index (χ1) is 16.4. The number of ether oxygens (including phenoxy) is 3. The van der Waals surface area contributed by atoms with E-state index in [-0.39, 0.29) is 10.7 Å². The maximum absolute atomic E-state index is 12.8. The number of carbonyl (C=O) groups is 1. The molecule has 1 amide bonds. The molecule has 2 N–H and O–H groups in total. The summed E-state index contributed by atoms with van der Waals surface area (Å²) in [5.41, 5.74) is 2.85. The van der Waals surface area contributed by atoms with Crippen molar-refractivity contribution in [3.05, 3.63) is 65.2 Å². The summed E-state index contributed by atoms with van der Waals surface area (Å²) in [6, 6.07) is 15.7. The van der Waals surface area contributed by atoms with Crippen molar-refractivity contribution >= 4 is 51.6 Å². The third-order valence-electron chi connectivity index (χ3n) is 4.89. The molecule has 0 radical (unpaired) electrons. The molecule has 0 spiro atoms. The van der Waals surface area contributed by atoms with Gasteiger partial charge in [-0.15, -0.1) is 10.2 Å². The minimum Gasteiger partial charge on any atom is -0.496 e. The SMILES string of the molecule is COc1ccc(-n2nc3ccc(NC(=S)NC(=O)c4c(OC)cccc4OC)cc3n2)cc1Cl. The third-order valence-corrected chi connectivity index (χ3v) is 5.39. The Morgan fingerprint density at radius 3 is 2.24 bits per heavy atom. The number of halogens is 1. The minimum absolute atomic E-state index is 0.103. The molecule has 0 saturated heterocycles. The second kappa shape index (κ2) is 9.94. The zero-order chi connectivity index (χ0) is 24.2. The fraction of sp³-hybridized carbons (Fsp3) is 0.130. The number of benzene rings is 3. The van der Waals surface area contributed by atoms with Crippen LogP contribution in [0.2, 0.25) is 5.02 Å². The van der Waals surface area contributed by atoms with E-state index in [9.17, 15) is 4.79 Å². The summed E-state index contributed by atoms with van der Waals surface area (Å²) < 4.78 is 15.7. The van der Waals surface area contributed by atoms with Gasteiger partial charge in [-0.3, -0.25) is 10.1 Å². The number of carbonyl (C=O) groups excluding carboxylic acids is 1. The molecule has 0 unspecified atom stereocenters. The van der Waals surface area contributed by atoms with Gasteiger partial charge in [0, 0.05) is 5.69 Å². The standard InChI is InChI=1S/C23H20ClN5O4S/c1-31-18-10-8-14(12-15(18)24)29-27-16-9-7-13(11-17(16)28-29)25-23(34)26-22(30)21-19(32-2)5-4-6-20(21)33-3/h4-12H,1-3H3,(H2,25,26,30,34). The zero-order valence-electron chi connectivity index (χ0n) is 18.5. The van der Waals surface area contributed by atoms with Crippen LogP contribution in [0.4, 0.5) is 5.69 Å². The predicted octanol–water partition coefficient (Wildman–Crippen LogP) is 4.23. The van der Waals surface area contributed by atoms with Gasteiger partial charge in [-0.2, -0.15) is 4.80 Å². The first-order valence-corrected chi connectivity index (χ1v) is 10.8. The van der Waals surface area contributed by atoms with Crippen LogP contribution in [0.5, 0.6) is 17.2 Å². The highest BCUT2D eigenvalue weighted by molar-refractivity contribution is 7.80. The van der Waals surface area contributed by atoms with Crippen LogP contribution >= 0.6 is 23.8 Å². The smallest absolute Gasteiger partial charge is 0.264 e. The van der Waals surface area contributed by atoms with Gasteiger partial charge in [-0.05, 0) is 60.7 Å². The van der Waals surface area contributed by atoms with Crippen molar-refractivity contribution in [3.63, 3.8) is 0 Å². The molecule has 9 nitrogen and oxygen atoms in total. The lowest BCUT2D eigenvalue weighted by Gasteiger charge is -2.14. The quantitative estimate of drug-likeness (QED) is 0.382. The van der Waals surface area contributed by atoms with Crippen molar-refractivity contribution in [2.24, 2.45) is 0 Å². The van der Waals surface area contributed by atoms with Crippen molar-refractivity contribution in [1.29, 1.82) is 0 Å². The Morgan fingerprint density at radius 2 is 1.59 bits per heavy atom. The average Bonchev–Trinajstić information content (AvgIpc) is 3.26. The molecule has 4 rings (SSSR count). The second-order valence-electron chi connectivity index (χ2n) is 6.96. The van der Waals surface area contributed by atoms with Crippen molar-refractivity contribution in [2.45, 2.75) is 0 Å². The monoisotopic (exact) mass is 497 g/mol. The molecule has 0 atom stereocenters. The highest BCUT2D eigenvalue weighted by Gasteiger charge is 2.19. The van der Waals surface area contributed by atoms with Gasteiger partial charge in [0.1, 0.15) is 33.8 Å². The van der Waals surface area contributed by atoms with E-state index in [1.54, 1.807) is 61.7 Å². The molecule has 1 heterocycles. The zero-order valence-corrected chi connectivity index (χ0v) is 20.0. The summed E-state index contributed by atoms with van der Waals surface area (Å²) in [6.07, 6.45) is 0. The lowest BCUT2D eigenvalue weighted by molar-refractivity contribution is 0.0971. The molecular weight excluding hydrogens is 478 g/mol. The molecule has 1 aromatic heterocycles. The molecule has 0 fully saturated rings. The fourth-order valence-electron chi connectivity index (χ4n) is 3.29. The highest BCUT2D eigenvalue weighted by Crippen LogP contribution is 2.28. The Hall–Kier alpha value is -3.89. The van der Waals surface area contributed by atoms with Gasteiger partial charge >= 0.3 is 0 Å². The molecule has 0 aliphatic heterocycles. The van der Waals surface area contributed by atoms with Crippen LogP contribution in [-0.2, 0) is 0 Å². The Kier molecular flexibility index (Phi) is 6.80. The van der Waals surface area contributed by atoms with E-state index in [4.69, 9.17) is 38.0 Å². The summed E-state index contributed by atoms with van der Waals surface area (Å²) in [5.74, 6) is 0.845. The maximum Gasteiger partial charge on any atom is 0.264 e. The number of nitrogens with zero attached hydrogens (tertiary/aromatic N) is 3. The van der Waals surface area contributed by atoms with Crippen LogP contribution in [0.25, 0.3) is 16.7 Å². The van der Waals surface area contributed by atoms with E-state index in [1.165, 1.54) is 19.0 Å². The van der Waals surface area contributed by atoms with Crippen LogP contribution in [0, 0.1) is 0 Å². The van der Waals surface area contributed by atoms with Crippen LogP contribution in [-0.4, -0.2) is 47.3 Å². The summed E-state index contributed by atoms with van der Waals surface area (Å²) in [4.78, 5) is 14.3. The van der Waals surface area contributed by atoms with Crippen LogP contribution < -0.4 is 24.8 Å². The van der Waals surface area contributed by atoms with Crippen molar-refractivity contribution in [2.75, 3.05) is 26.6 Å². The number of amides is 1. The summed E-state index contributed by atoms with van der Waals surface area (Å²) in [7, 11) is 4.50. The largest absolute Gasteiger partial charge is 0.496 e. The van der Waals surface area contributed by atoms with Crippen LogP contribution in [0.1, 0.15) is 10.4 Å². The Morgan fingerprint density at radius 1 is 0.912 bits per heavy atom. The lowest BCUT2D eigenvalue weighted by Crippen LogP contribution is -2.34. The third kappa shape index (κ3) is 4.73. The molecule has 174 valence electrons. The Labute approximate surface area is 205 Å². The van der Waals surface area contributed by atoms with Crippen LogP contribution in [0.3, 0.4) is 0 Å². The molecule has 0 aliphatic rings. The molecule has 11 heteroatoms. The normalized spacial score (nSPS) is 10.6. The first-order valence-electron chi connectivity index (χ1n) is 9.98. The van der Waals surface area contributed by atoms with Crippen molar-refractivity contribution in [1.82, 2.24) is 20.3 Å². The first kappa shape index (κ1) is 23.3. The number of rotatable bonds is 6. The van der Waals surface area contributed by atoms with E-state index in [0.717, 1.165) is 0 Å². The van der Waals surface area contributed by atoms with Crippen molar-refractivity contribution < 1.29 is 19.0 Å². The number of hydrogen-bond acceptors (Lipinski definition) is 7. The Balaban J connectivity index is 1.51. The van der Waals surface area contributed by atoms with Gasteiger partial charge in [0.15, 0.2) is 5.11 Å². The second-order valence-corrected chi connectivity index (χ2v) is 7.77. The Bertz CT molecular complexity index is 1370. The topological polar surface area (TPSA) is 99.5 Å². The number of aromatic nitrogens is 3. The number of methoxy groups -OCH3 is 3. The summed E-state index contributed by atoms with van der Waals surface area (Å²) in [5, 5.41) is 15.2. The summed E-state index contributed by atoms with van der Waals surface area (Å²) in [6.45, 7) is 0. The van der Waals surface area contributed by atoms with E-state index < -0.39 is 5.91 Å². The van der Waals surface area contributed by atoms with Gasteiger partial charge in [-0.25, -0.2) is 0 Å². The molecule has 3 aromatic carbocycles. The molecule has 0 bridgehead atoms. The molecule has 0 aliphatic carbocycles. The predicted molar refractivity (Wildman–Crippen MR) is 134 cm³/mol. The summed E-state index contributed by atoms with van der Waals surface area (Å²) >= 11 is 11.5.